The Morgan fingerprint density at radius 1 is 1.37 bits per heavy atom. The fraction of sp³-hybridized carbons (Fsp3) is 0.462. The number of hydrogen-bond donors (Lipinski definition) is 1. The lowest BCUT2D eigenvalue weighted by Crippen LogP contribution is -2.23. The van der Waals surface area contributed by atoms with E-state index in [-0.39, 0.29) is 6.04 Å². The smallest absolute Gasteiger partial charge is 0.263 e. The molecule has 0 fully saturated rings. The highest BCUT2D eigenvalue weighted by atomic mass is 32.2. The van der Waals surface area contributed by atoms with Crippen LogP contribution < -0.4 is 4.72 Å². The molecule has 1 atom stereocenters. The number of benzene rings is 1. The Morgan fingerprint density at radius 3 is 2.84 bits per heavy atom. The molecular formula is C13H18N2O2S2. The van der Waals surface area contributed by atoms with Crippen molar-refractivity contribution in [1.29, 1.82) is 0 Å². The van der Waals surface area contributed by atoms with Crippen LogP contribution >= 0.6 is 11.8 Å². The van der Waals surface area contributed by atoms with Gasteiger partial charge < -0.3 is 0 Å². The summed E-state index contributed by atoms with van der Waals surface area (Å²) in [6.45, 7) is 4.14. The van der Waals surface area contributed by atoms with Gasteiger partial charge >= 0.3 is 0 Å². The average molecular weight is 298 g/mol. The number of rotatable bonds is 5. The molecule has 0 bridgehead atoms. The van der Waals surface area contributed by atoms with Crippen LogP contribution in [0.1, 0.15) is 25.8 Å². The van der Waals surface area contributed by atoms with Crippen molar-refractivity contribution in [3.05, 3.63) is 29.8 Å². The van der Waals surface area contributed by atoms with Gasteiger partial charge in [-0.2, -0.15) is 11.8 Å². The molecule has 0 aromatic heterocycles. The summed E-state index contributed by atoms with van der Waals surface area (Å²) in [6, 6.07) is 7.07. The van der Waals surface area contributed by atoms with Crippen LogP contribution in [0.15, 0.2) is 34.2 Å². The number of thioether (sulfide) groups is 1. The highest BCUT2D eigenvalue weighted by molar-refractivity contribution is 7.99. The Morgan fingerprint density at radius 2 is 2.11 bits per heavy atom. The van der Waals surface area contributed by atoms with Gasteiger partial charge in [-0.25, -0.2) is 8.42 Å². The third-order valence-corrected chi connectivity index (χ3v) is 5.23. The van der Waals surface area contributed by atoms with Crippen LogP contribution in [0, 0.1) is 0 Å². The van der Waals surface area contributed by atoms with Gasteiger partial charge in [0, 0.05) is 5.56 Å². The highest BCUT2D eigenvalue weighted by Crippen LogP contribution is 2.22. The van der Waals surface area contributed by atoms with Gasteiger partial charge in [0.05, 0.1) is 10.9 Å². The summed E-state index contributed by atoms with van der Waals surface area (Å²) < 4.78 is 26.4. The first kappa shape index (κ1) is 14.4. The van der Waals surface area contributed by atoms with E-state index in [1.54, 1.807) is 18.2 Å². The van der Waals surface area contributed by atoms with Crippen LogP contribution in [-0.2, 0) is 10.0 Å². The lowest BCUT2D eigenvalue weighted by Gasteiger charge is -2.07. The molecule has 1 N–H and O–H groups in total. The van der Waals surface area contributed by atoms with Gasteiger partial charge in [0.1, 0.15) is 5.84 Å². The van der Waals surface area contributed by atoms with Crippen molar-refractivity contribution in [1.82, 2.24) is 4.72 Å². The maximum absolute atomic E-state index is 11.9. The first-order valence-electron chi connectivity index (χ1n) is 6.32. The van der Waals surface area contributed by atoms with Crippen LogP contribution in [-0.4, -0.2) is 31.8 Å². The molecule has 1 unspecified atom stereocenters. The molecular weight excluding hydrogens is 280 g/mol. The van der Waals surface area contributed by atoms with Crippen molar-refractivity contribution < 1.29 is 8.42 Å². The van der Waals surface area contributed by atoms with Crippen LogP contribution in [0.2, 0.25) is 0 Å². The number of sulfonamides is 1. The monoisotopic (exact) mass is 298 g/mol. The molecule has 4 nitrogen and oxygen atoms in total. The Labute approximate surface area is 118 Å². The van der Waals surface area contributed by atoms with E-state index in [1.165, 1.54) is 0 Å². The summed E-state index contributed by atoms with van der Waals surface area (Å²) in [6.07, 6.45) is 0.950. The topological polar surface area (TPSA) is 58.5 Å². The maximum Gasteiger partial charge on any atom is 0.263 e. The minimum Gasteiger partial charge on any atom is -0.264 e. The third kappa shape index (κ3) is 3.30. The molecule has 1 aliphatic rings. The van der Waals surface area contributed by atoms with Crippen LogP contribution in [0.5, 0.6) is 0 Å². The molecule has 104 valence electrons. The van der Waals surface area contributed by atoms with E-state index in [0.717, 1.165) is 17.9 Å². The van der Waals surface area contributed by atoms with Gasteiger partial charge in [-0.05, 0) is 37.0 Å². The normalized spacial score (nSPS) is 20.0. The summed E-state index contributed by atoms with van der Waals surface area (Å²) in [7, 11) is -3.41. The number of nitrogens with one attached hydrogen (secondary N) is 1. The molecule has 1 aromatic carbocycles. The molecule has 2 rings (SSSR count). The fourth-order valence-electron chi connectivity index (χ4n) is 1.91. The van der Waals surface area contributed by atoms with Crippen LogP contribution in [0.4, 0.5) is 0 Å². The second kappa shape index (κ2) is 5.96. The first-order chi connectivity index (χ1) is 9.04. The van der Waals surface area contributed by atoms with Gasteiger partial charge in [0.2, 0.25) is 0 Å². The minimum absolute atomic E-state index is 0.114. The van der Waals surface area contributed by atoms with Crippen molar-refractivity contribution in [2.24, 2.45) is 4.99 Å². The largest absolute Gasteiger partial charge is 0.264 e. The summed E-state index contributed by atoms with van der Waals surface area (Å²) >= 11 is 1.87. The summed E-state index contributed by atoms with van der Waals surface area (Å²) in [4.78, 5) is 4.82. The lowest BCUT2D eigenvalue weighted by molar-refractivity contribution is 0.595. The van der Waals surface area contributed by atoms with Gasteiger partial charge in [0.15, 0.2) is 0 Å². The maximum atomic E-state index is 11.9. The zero-order valence-corrected chi connectivity index (χ0v) is 12.7. The summed E-state index contributed by atoms with van der Waals surface area (Å²) in [5.74, 6) is 2.62. The second-order valence-electron chi connectivity index (χ2n) is 4.41. The number of fused-ring (bicyclic) bond motifs is 1. The van der Waals surface area contributed by atoms with Crippen molar-refractivity contribution >= 4 is 27.6 Å². The van der Waals surface area contributed by atoms with Gasteiger partial charge in [-0.15, -0.1) is 0 Å². The van der Waals surface area contributed by atoms with Crippen LogP contribution in [0.3, 0.4) is 0 Å². The molecule has 0 spiro atoms. The van der Waals surface area contributed by atoms with Crippen molar-refractivity contribution in [2.45, 2.75) is 31.2 Å². The molecule has 0 radical (unpaired) electrons. The number of nitrogens with zero attached hydrogens (tertiary/aromatic N) is 1. The molecule has 1 heterocycles. The third-order valence-electron chi connectivity index (χ3n) is 2.90. The molecule has 1 aliphatic heterocycles. The SMILES string of the molecule is CCSCCC(C)N=C1NS(=O)(=O)c2ccccc21. The molecule has 0 amide bonds. The zero-order valence-electron chi connectivity index (χ0n) is 11.1. The van der Waals surface area contributed by atoms with Crippen molar-refractivity contribution in [2.75, 3.05) is 11.5 Å². The van der Waals surface area contributed by atoms with E-state index in [0.29, 0.717) is 16.3 Å². The lowest BCUT2D eigenvalue weighted by atomic mass is 10.2. The Hall–Kier alpha value is -1.01. The summed E-state index contributed by atoms with van der Waals surface area (Å²) in [5.41, 5.74) is 0.678. The first-order valence-corrected chi connectivity index (χ1v) is 8.96. The average Bonchev–Trinajstić information content (AvgIpc) is 2.62. The quantitative estimate of drug-likeness (QED) is 0.848. The Bertz CT molecular complexity index is 582. The summed E-state index contributed by atoms with van der Waals surface area (Å²) in [5, 5.41) is 0. The van der Waals surface area contributed by atoms with Crippen molar-refractivity contribution in [3.8, 4) is 0 Å². The Kier molecular flexibility index (Phi) is 4.52. The van der Waals surface area contributed by atoms with E-state index in [4.69, 9.17) is 0 Å². The molecule has 6 heteroatoms. The van der Waals surface area contributed by atoms with Crippen molar-refractivity contribution in [3.63, 3.8) is 0 Å². The highest BCUT2D eigenvalue weighted by Gasteiger charge is 2.30. The Balaban J connectivity index is 2.19. The number of aliphatic imine (C=N–C) groups is 1. The van der Waals surface area contributed by atoms with Gasteiger partial charge in [-0.3, -0.25) is 9.71 Å². The molecule has 0 saturated carbocycles. The molecule has 1 aromatic rings. The molecule has 19 heavy (non-hydrogen) atoms. The predicted molar refractivity (Wildman–Crippen MR) is 80.4 cm³/mol. The minimum atomic E-state index is -3.41. The predicted octanol–water partition coefficient (Wildman–Crippen LogP) is 2.26. The molecule has 0 aliphatic carbocycles. The second-order valence-corrected chi connectivity index (χ2v) is 7.46. The van der Waals surface area contributed by atoms with Gasteiger partial charge in [0.25, 0.3) is 10.0 Å². The van der Waals surface area contributed by atoms with E-state index < -0.39 is 10.0 Å². The van der Waals surface area contributed by atoms with E-state index in [2.05, 4.69) is 16.6 Å². The fourth-order valence-corrected chi connectivity index (χ4v) is 3.95. The number of amidine groups is 1. The number of hydrogen-bond acceptors (Lipinski definition) is 4. The van der Waals surface area contributed by atoms with E-state index in [1.807, 2.05) is 24.8 Å². The zero-order chi connectivity index (χ0) is 13.9. The van der Waals surface area contributed by atoms with E-state index >= 15 is 0 Å². The molecule has 0 saturated heterocycles. The van der Waals surface area contributed by atoms with Gasteiger partial charge in [-0.1, -0.05) is 19.1 Å². The van der Waals surface area contributed by atoms with Crippen LogP contribution in [0.25, 0.3) is 0 Å². The van der Waals surface area contributed by atoms with E-state index in [9.17, 15) is 8.42 Å². The standard InChI is InChI=1S/C13H18N2O2S2/c1-3-18-9-8-10(2)14-13-11-6-4-5-7-12(11)19(16,17)15-13/h4-7,10H,3,8-9H2,1-2H3,(H,14,15).